The van der Waals surface area contributed by atoms with E-state index in [0.29, 0.717) is 0 Å². The molecule has 3 heterocycles. The van der Waals surface area contributed by atoms with E-state index in [1.807, 2.05) is 0 Å². The fraction of sp³-hybridized carbons (Fsp3) is 0.385. The molecule has 3 aromatic rings. The van der Waals surface area contributed by atoms with Crippen LogP contribution in [-0.4, -0.2) is 59.3 Å². The first-order valence-corrected chi connectivity index (χ1v) is 12.2. The maximum Gasteiger partial charge on any atom is 0.171 e. The molecule has 1 saturated heterocycles. The number of hydrogen-bond acceptors (Lipinski definition) is 5. The molecule has 5 nitrogen and oxygen atoms in total. The van der Waals surface area contributed by atoms with Gasteiger partial charge >= 0.3 is 0 Å². The number of benzene rings is 2. The predicted octanol–water partition coefficient (Wildman–Crippen LogP) is 5.09. The Kier molecular flexibility index (Phi) is 6.17. The van der Waals surface area contributed by atoms with Crippen LogP contribution in [0, 0.1) is 20.8 Å². The molecule has 2 aliphatic heterocycles. The highest BCUT2D eigenvalue weighted by atomic mass is 32.2. The minimum atomic E-state index is 0.830. The number of aliphatic imine (C=N–C) groups is 1. The van der Waals surface area contributed by atoms with Crippen molar-refractivity contribution in [1.82, 2.24) is 14.8 Å². The molecule has 0 spiro atoms. The Morgan fingerprint density at radius 1 is 1.00 bits per heavy atom. The second-order valence-corrected chi connectivity index (χ2v) is 9.77. The van der Waals surface area contributed by atoms with Gasteiger partial charge < -0.3 is 9.64 Å². The summed E-state index contributed by atoms with van der Waals surface area (Å²) in [6.07, 6.45) is 0. The molecule has 32 heavy (non-hydrogen) atoms. The van der Waals surface area contributed by atoms with E-state index in [2.05, 4.69) is 73.0 Å². The van der Waals surface area contributed by atoms with Crippen molar-refractivity contribution in [2.24, 2.45) is 4.99 Å². The maximum absolute atomic E-state index is 5.52. The summed E-state index contributed by atoms with van der Waals surface area (Å²) in [5.41, 5.74) is 7.14. The number of nitrogens with zero attached hydrogens (tertiary/aromatic N) is 4. The van der Waals surface area contributed by atoms with Gasteiger partial charge in [-0.3, -0.25) is 4.90 Å². The molecule has 1 fully saturated rings. The lowest BCUT2D eigenvalue weighted by Gasteiger charge is -2.34. The minimum absolute atomic E-state index is 0.830. The molecule has 0 amide bonds. The van der Waals surface area contributed by atoms with Crippen LogP contribution < -0.4 is 0 Å². The summed E-state index contributed by atoms with van der Waals surface area (Å²) >= 11 is 1.70. The summed E-state index contributed by atoms with van der Waals surface area (Å²) in [5.74, 6) is 0. The molecule has 6 heteroatoms. The second kappa shape index (κ2) is 9.22. The fourth-order valence-electron chi connectivity index (χ4n) is 4.44. The normalized spacial score (nSPS) is 18.3. The van der Waals surface area contributed by atoms with Crippen molar-refractivity contribution >= 4 is 33.5 Å². The van der Waals surface area contributed by atoms with Crippen molar-refractivity contribution in [1.29, 1.82) is 0 Å². The van der Waals surface area contributed by atoms with Crippen molar-refractivity contribution in [3.63, 3.8) is 0 Å². The van der Waals surface area contributed by atoms with Crippen LogP contribution in [0.4, 0.5) is 5.69 Å². The highest BCUT2D eigenvalue weighted by Gasteiger charge is 2.25. The summed E-state index contributed by atoms with van der Waals surface area (Å²) in [5, 5.41) is 3.37. The van der Waals surface area contributed by atoms with Crippen molar-refractivity contribution in [3.05, 3.63) is 64.7 Å². The van der Waals surface area contributed by atoms with E-state index in [4.69, 9.17) is 14.7 Å². The van der Waals surface area contributed by atoms with Crippen molar-refractivity contribution < 1.29 is 4.74 Å². The fourth-order valence-corrected chi connectivity index (χ4v) is 5.45. The molecule has 2 aliphatic rings. The number of amidine groups is 1. The molecule has 5 rings (SSSR count). The summed E-state index contributed by atoms with van der Waals surface area (Å²) in [4.78, 5) is 15.0. The van der Waals surface area contributed by atoms with Crippen LogP contribution in [0.25, 0.3) is 10.9 Å². The number of rotatable bonds is 4. The van der Waals surface area contributed by atoms with E-state index in [-0.39, 0.29) is 0 Å². The van der Waals surface area contributed by atoms with Gasteiger partial charge in [-0.25, -0.2) is 9.98 Å². The van der Waals surface area contributed by atoms with E-state index in [0.717, 1.165) is 67.3 Å². The summed E-state index contributed by atoms with van der Waals surface area (Å²) in [6.45, 7) is 12.9. The van der Waals surface area contributed by atoms with Gasteiger partial charge in [0.1, 0.15) is 5.03 Å². The number of aryl methyl sites for hydroxylation is 3. The number of thioether (sulfide) groups is 1. The van der Waals surface area contributed by atoms with Crippen LogP contribution in [0.3, 0.4) is 0 Å². The van der Waals surface area contributed by atoms with Crippen LogP contribution in [0.5, 0.6) is 0 Å². The first kappa shape index (κ1) is 21.4. The third-order valence-electron chi connectivity index (χ3n) is 6.16. The number of ether oxygens (including phenoxy) is 1. The summed E-state index contributed by atoms with van der Waals surface area (Å²) < 4.78 is 5.52. The summed E-state index contributed by atoms with van der Waals surface area (Å²) in [7, 11) is 0. The Morgan fingerprint density at radius 2 is 1.84 bits per heavy atom. The van der Waals surface area contributed by atoms with E-state index >= 15 is 0 Å². The zero-order valence-corrected chi connectivity index (χ0v) is 19.9. The van der Waals surface area contributed by atoms with Gasteiger partial charge in [-0.05, 0) is 73.5 Å². The smallest absolute Gasteiger partial charge is 0.171 e. The van der Waals surface area contributed by atoms with E-state index in [9.17, 15) is 0 Å². The molecule has 0 unspecified atom stereocenters. The van der Waals surface area contributed by atoms with Gasteiger partial charge in [-0.2, -0.15) is 0 Å². The Labute approximate surface area is 194 Å². The maximum atomic E-state index is 5.52. The molecule has 0 saturated carbocycles. The Bertz CT molecular complexity index is 1170. The Balaban J connectivity index is 1.49. The monoisotopic (exact) mass is 446 g/mol. The quantitative estimate of drug-likeness (QED) is 0.558. The standard InChI is InChI=1S/C26H30N4OS/c1-18-5-4-6-22(14-18)27-26-30(8-7-29-9-11-31-12-10-29)17-21-16-23-20(3)13-19(2)15-24(23)28-25(21)32-26/h4-6,13-16H,7-12,17H2,1-3H3. The van der Waals surface area contributed by atoms with Crippen molar-refractivity contribution in [3.8, 4) is 0 Å². The van der Waals surface area contributed by atoms with Gasteiger partial charge in [0.25, 0.3) is 0 Å². The minimum Gasteiger partial charge on any atom is -0.379 e. The van der Waals surface area contributed by atoms with Crippen molar-refractivity contribution in [2.75, 3.05) is 39.4 Å². The lowest BCUT2D eigenvalue weighted by Crippen LogP contribution is -2.43. The zero-order chi connectivity index (χ0) is 22.1. The number of hydrogen-bond donors (Lipinski definition) is 0. The molecular formula is C26H30N4OS. The number of aromatic nitrogens is 1. The van der Waals surface area contributed by atoms with Crippen LogP contribution in [-0.2, 0) is 11.3 Å². The van der Waals surface area contributed by atoms with Gasteiger partial charge in [0.2, 0.25) is 0 Å². The lowest BCUT2D eigenvalue weighted by molar-refractivity contribution is 0.0358. The highest BCUT2D eigenvalue weighted by molar-refractivity contribution is 8.13. The molecule has 1 aromatic heterocycles. The van der Waals surface area contributed by atoms with E-state index in [1.54, 1.807) is 11.8 Å². The third-order valence-corrected chi connectivity index (χ3v) is 7.24. The largest absolute Gasteiger partial charge is 0.379 e. The SMILES string of the molecule is Cc1cccc(N=C2Sc3nc4cc(C)cc(C)c4cc3CN2CCN2CCOCC2)c1. The summed E-state index contributed by atoms with van der Waals surface area (Å²) in [6, 6.07) is 15.2. The molecule has 0 bridgehead atoms. The van der Waals surface area contributed by atoms with Gasteiger partial charge in [0, 0.05) is 43.7 Å². The van der Waals surface area contributed by atoms with E-state index in [1.165, 1.54) is 27.6 Å². The number of pyridine rings is 1. The molecule has 166 valence electrons. The number of morpholine rings is 1. The lowest BCUT2D eigenvalue weighted by atomic mass is 10.0. The Hall–Kier alpha value is -2.41. The molecule has 0 radical (unpaired) electrons. The first-order chi connectivity index (χ1) is 15.5. The van der Waals surface area contributed by atoms with Crippen LogP contribution in [0.1, 0.15) is 22.3 Å². The molecule has 0 N–H and O–H groups in total. The van der Waals surface area contributed by atoms with Crippen LogP contribution >= 0.6 is 11.8 Å². The van der Waals surface area contributed by atoms with Gasteiger partial charge in [0.05, 0.1) is 24.4 Å². The average molecular weight is 447 g/mol. The van der Waals surface area contributed by atoms with Crippen molar-refractivity contribution in [2.45, 2.75) is 32.3 Å². The Morgan fingerprint density at radius 3 is 2.66 bits per heavy atom. The first-order valence-electron chi connectivity index (χ1n) is 11.3. The molecular weight excluding hydrogens is 416 g/mol. The molecule has 0 atom stereocenters. The van der Waals surface area contributed by atoms with E-state index < -0.39 is 0 Å². The van der Waals surface area contributed by atoms with Crippen LogP contribution in [0.2, 0.25) is 0 Å². The second-order valence-electron chi connectivity index (χ2n) is 8.81. The highest BCUT2D eigenvalue weighted by Crippen LogP contribution is 2.35. The zero-order valence-electron chi connectivity index (χ0n) is 19.1. The molecule has 2 aromatic carbocycles. The predicted molar refractivity (Wildman–Crippen MR) is 133 cm³/mol. The molecule has 0 aliphatic carbocycles. The van der Waals surface area contributed by atoms with Gasteiger partial charge in [0.15, 0.2) is 5.17 Å². The van der Waals surface area contributed by atoms with Gasteiger partial charge in [-0.1, -0.05) is 18.2 Å². The third kappa shape index (κ3) is 4.68. The van der Waals surface area contributed by atoms with Crippen LogP contribution in [0.15, 0.2) is 52.5 Å². The number of fused-ring (bicyclic) bond motifs is 2. The van der Waals surface area contributed by atoms with Gasteiger partial charge in [-0.15, -0.1) is 0 Å². The average Bonchev–Trinajstić information content (AvgIpc) is 2.77. The topological polar surface area (TPSA) is 41.0 Å².